The van der Waals surface area contributed by atoms with Crippen molar-refractivity contribution in [1.29, 1.82) is 0 Å². The summed E-state index contributed by atoms with van der Waals surface area (Å²) < 4.78 is 5.84. The van der Waals surface area contributed by atoms with Crippen LogP contribution in [0.4, 0.5) is 0 Å². The van der Waals surface area contributed by atoms with E-state index in [-0.39, 0.29) is 0 Å². The van der Waals surface area contributed by atoms with E-state index in [1.807, 2.05) is 0 Å². The molecule has 1 aliphatic heterocycles. The first-order chi connectivity index (χ1) is 6.57. The van der Waals surface area contributed by atoms with Crippen molar-refractivity contribution in [3.8, 4) is 0 Å². The molecule has 0 aromatic carbocycles. The lowest BCUT2D eigenvalue weighted by atomic mass is 9.70. The second-order valence-corrected chi connectivity index (χ2v) is 5.85. The van der Waals surface area contributed by atoms with Gasteiger partial charge in [-0.1, -0.05) is 20.8 Å². The summed E-state index contributed by atoms with van der Waals surface area (Å²) in [5.41, 5.74) is 0.450. The molecule has 0 amide bonds. The maximum Gasteiger partial charge on any atom is 0.0731 e. The zero-order valence-corrected chi connectivity index (χ0v) is 9.68. The largest absolute Gasteiger partial charge is 0.375 e. The fourth-order valence-corrected chi connectivity index (χ4v) is 2.79. The summed E-state index contributed by atoms with van der Waals surface area (Å²) in [6.45, 7) is 9.01. The molecule has 1 unspecified atom stereocenters. The minimum atomic E-state index is 0.450. The molecule has 3 atom stereocenters. The number of fused-ring (bicyclic) bond motifs is 1. The normalized spacial score (nSPS) is 39.2. The Morgan fingerprint density at radius 2 is 2.00 bits per heavy atom. The van der Waals surface area contributed by atoms with E-state index in [0.717, 1.165) is 19.1 Å². The van der Waals surface area contributed by atoms with Gasteiger partial charge in [0.25, 0.3) is 0 Å². The van der Waals surface area contributed by atoms with Crippen molar-refractivity contribution in [2.45, 2.75) is 52.2 Å². The van der Waals surface area contributed by atoms with Crippen LogP contribution in [0, 0.1) is 11.3 Å². The highest BCUT2D eigenvalue weighted by atomic mass is 16.5. The smallest absolute Gasteiger partial charge is 0.0731 e. The Kier molecular flexibility index (Phi) is 2.85. The van der Waals surface area contributed by atoms with Crippen LogP contribution in [0.25, 0.3) is 0 Å². The molecule has 0 aromatic rings. The standard InChI is InChI=1S/C12H23NO/c1-12(2,3)9-4-5-10-11(8-9)14-7-6-13-10/h9-11,13H,4-8H2,1-3H3/t9?,10-,11+/m1/s1. The molecular formula is C12H23NO. The molecule has 1 N–H and O–H groups in total. The van der Waals surface area contributed by atoms with E-state index in [1.54, 1.807) is 0 Å². The number of hydrogen-bond donors (Lipinski definition) is 1. The first-order valence-electron chi connectivity index (χ1n) is 5.92. The maximum absolute atomic E-state index is 5.84. The Bertz CT molecular complexity index is 197. The summed E-state index contributed by atoms with van der Waals surface area (Å²) in [5.74, 6) is 0.837. The molecule has 2 fully saturated rings. The second kappa shape index (κ2) is 3.82. The van der Waals surface area contributed by atoms with Gasteiger partial charge in [0.15, 0.2) is 0 Å². The van der Waals surface area contributed by atoms with Gasteiger partial charge in [-0.2, -0.15) is 0 Å². The van der Waals surface area contributed by atoms with Gasteiger partial charge in [-0.05, 0) is 30.6 Å². The highest BCUT2D eigenvalue weighted by Gasteiger charge is 2.37. The number of hydrogen-bond acceptors (Lipinski definition) is 2. The summed E-state index contributed by atoms with van der Waals surface area (Å²) in [7, 11) is 0. The molecule has 14 heavy (non-hydrogen) atoms. The van der Waals surface area contributed by atoms with Crippen LogP contribution in [0.1, 0.15) is 40.0 Å². The monoisotopic (exact) mass is 197 g/mol. The highest BCUT2D eigenvalue weighted by molar-refractivity contribution is 4.91. The average molecular weight is 197 g/mol. The fraction of sp³-hybridized carbons (Fsp3) is 1.00. The number of ether oxygens (including phenoxy) is 1. The van der Waals surface area contributed by atoms with Crippen LogP contribution in [0.5, 0.6) is 0 Å². The van der Waals surface area contributed by atoms with E-state index in [1.165, 1.54) is 19.3 Å². The van der Waals surface area contributed by atoms with Crippen molar-refractivity contribution < 1.29 is 4.74 Å². The van der Waals surface area contributed by atoms with E-state index in [2.05, 4.69) is 26.1 Å². The summed E-state index contributed by atoms with van der Waals surface area (Å²) in [6.07, 6.45) is 4.40. The SMILES string of the molecule is CC(C)(C)C1CC[C@H]2NCCO[C@H]2C1. The van der Waals surface area contributed by atoms with Crippen LogP contribution in [-0.2, 0) is 4.74 Å². The van der Waals surface area contributed by atoms with E-state index < -0.39 is 0 Å². The van der Waals surface area contributed by atoms with Crippen LogP contribution >= 0.6 is 0 Å². The molecule has 1 saturated heterocycles. The van der Waals surface area contributed by atoms with Gasteiger partial charge in [0.1, 0.15) is 0 Å². The first-order valence-corrected chi connectivity index (χ1v) is 5.92. The van der Waals surface area contributed by atoms with Gasteiger partial charge in [-0.15, -0.1) is 0 Å². The van der Waals surface area contributed by atoms with Crippen LogP contribution in [0.3, 0.4) is 0 Å². The molecule has 0 spiro atoms. The molecule has 0 aromatic heterocycles. The number of nitrogens with one attached hydrogen (secondary N) is 1. The van der Waals surface area contributed by atoms with Crippen LogP contribution in [-0.4, -0.2) is 25.3 Å². The van der Waals surface area contributed by atoms with Crippen molar-refractivity contribution in [2.24, 2.45) is 11.3 Å². The van der Waals surface area contributed by atoms with Crippen molar-refractivity contribution in [1.82, 2.24) is 5.32 Å². The number of morpholine rings is 1. The van der Waals surface area contributed by atoms with Crippen LogP contribution in [0.2, 0.25) is 0 Å². The van der Waals surface area contributed by atoms with Crippen LogP contribution in [0.15, 0.2) is 0 Å². The quantitative estimate of drug-likeness (QED) is 0.643. The highest BCUT2D eigenvalue weighted by Crippen LogP contribution is 2.39. The third-order valence-corrected chi connectivity index (χ3v) is 3.86. The molecular weight excluding hydrogens is 174 g/mol. The molecule has 1 aliphatic carbocycles. The molecule has 1 saturated carbocycles. The van der Waals surface area contributed by atoms with E-state index in [0.29, 0.717) is 17.6 Å². The summed E-state index contributed by atoms with van der Waals surface area (Å²) in [6, 6.07) is 0.641. The molecule has 2 rings (SSSR count). The molecule has 2 nitrogen and oxygen atoms in total. The van der Waals surface area contributed by atoms with Crippen molar-refractivity contribution in [2.75, 3.05) is 13.2 Å². The Hall–Kier alpha value is -0.0800. The zero-order chi connectivity index (χ0) is 10.2. The van der Waals surface area contributed by atoms with Gasteiger partial charge >= 0.3 is 0 Å². The lowest BCUT2D eigenvalue weighted by molar-refractivity contribution is -0.0519. The summed E-state index contributed by atoms with van der Waals surface area (Å²) >= 11 is 0. The third-order valence-electron chi connectivity index (χ3n) is 3.86. The van der Waals surface area contributed by atoms with Crippen molar-refractivity contribution in [3.63, 3.8) is 0 Å². The average Bonchev–Trinajstić information content (AvgIpc) is 2.16. The molecule has 82 valence electrons. The zero-order valence-electron chi connectivity index (χ0n) is 9.68. The van der Waals surface area contributed by atoms with Gasteiger partial charge in [0, 0.05) is 12.6 Å². The van der Waals surface area contributed by atoms with Gasteiger partial charge in [-0.3, -0.25) is 0 Å². The molecule has 2 aliphatic rings. The van der Waals surface area contributed by atoms with Gasteiger partial charge in [-0.25, -0.2) is 0 Å². The minimum Gasteiger partial charge on any atom is -0.375 e. The Labute approximate surface area is 87.4 Å². The lowest BCUT2D eigenvalue weighted by Crippen LogP contribution is -2.52. The molecule has 2 heteroatoms. The third kappa shape index (κ3) is 2.12. The van der Waals surface area contributed by atoms with E-state index in [9.17, 15) is 0 Å². The second-order valence-electron chi connectivity index (χ2n) is 5.85. The van der Waals surface area contributed by atoms with Crippen molar-refractivity contribution in [3.05, 3.63) is 0 Å². The maximum atomic E-state index is 5.84. The molecule has 0 bridgehead atoms. The van der Waals surface area contributed by atoms with E-state index in [4.69, 9.17) is 4.74 Å². The Morgan fingerprint density at radius 3 is 2.71 bits per heavy atom. The fourth-order valence-electron chi connectivity index (χ4n) is 2.79. The number of rotatable bonds is 0. The predicted molar refractivity (Wildman–Crippen MR) is 58.3 cm³/mol. The van der Waals surface area contributed by atoms with Gasteiger partial charge < -0.3 is 10.1 Å². The van der Waals surface area contributed by atoms with Gasteiger partial charge in [0.2, 0.25) is 0 Å². The Morgan fingerprint density at radius 1 is 1.21 bits per heavy atom. The first kappa shape index (κ1) is 10.4. The minimum absolute atomic E-state index is 0.450. The van der Waals surface area contributed by atoms with Crippen molar-refractivity contribution >= 4 is 0 Å². The van der Waals surface area contributed by atoms with Gasteiger partial charge in [0.05, 0.1) is 12.7 Å². The van der Waals surface area contributed by atoms with E-state index >= 15 is 0 Å². The lowest BCUT2D eigenvalue weighted by Gasteiger charge is -2.44. The Balaban J connectivity index is 1.96. The predicted octanol–water partition coefficient (Wildman–Crippen LogP) is 2.19. The van der Waals surface area contributed by atoms with Crippen LogP contribution < -0.4 is 5.32 Å². The summed E-state index contributed by atoms with van der Waals surface area (Å²) in [5, 5.41) is 3.57. The molecule has 1 heterocycles. The summed E-state index contributed by atoms with van der Waals surface area (Å²) in [4.78, 5) is 0. The topological polar surface area (TPSA) is 21.3 Å². The molecule has 0 radical (unpaired) electrons.